The fourth-order valence-corrected chi connectivity index (χ4v) is 0.896. The van der Waals surface area contributed by atoms with Gasteiger partial charge in [0.25, 0.3) is 0 Å². The predicted molar refractivity (Wildman–Crippen MR) is 56.3 cm³/mol. The van der Waals surface area contributed by atoms with Gasteiger partial charge in [-0.15, -0.1) is 12.3 Å². The summed E-state index contributed by atoms with van der Waals surface area (Å²) in [7, 11) is 0. The van der Waals surface area contributed by atoms with Gasteiger partial charge in [0.2, 0.25) is 0 Å². The summed E-state index contributed by atoms with van der Waals surface area (Å²) in [6.45, 7) is 0.905. The number of amides is 2. The minimum Gasteiger partial charge on any atom is -0.481 e. The Morgan fingerprint density at radius 2 is 1.80 bits per heavy atom. The zero-order valence-corrected chi connectivity index (χ0v) is 8.58. The molecule has 0 saturated heterocycles. The Morgan fingerprint density at radius 3 is 2.33 bits per heavy atom. The van der Waals surface area contributed by atoms with Gasteiger partial charge in [-0.2, -0.15) is 0 Å². The monoisotopic (exact) mass is 212 g/mol. The summed E-state index contributed by atoms with van der Waals surface area (Å²) in [5.74, 6) is 1.61. The summed E-state index contributed by atoms with van der Waals surface area (Å²) >= 11 is 0. The molecule has 0 aliphatic rings. The summed E-state index contributed by atoms with van der Waals surface area (Å²) in [5, 5.41) is 13.5. The van der Waals surface area contributed by atoms with E-state index in [0.717, 1.165) is 6.42 Å². The van der Waals surface area contributed by atoms with Gasteiger partial charge in [-0.05, 0) is 12.8 Å². The number of hydrogen-bond donors (Lipinski definition) is 3. The third-order valence-electron chi connectivity index (χ3n) is 1.64. The Labute approximate surface area is 89.2 Å². The zero-order chi connectivity index (χ0) is 11.5. The van der Waals surface area contributed by atoms with E-state index >= 15 is 0 Å². The first-order valence-corrected chi connectivity index (χ1v) is 4.83. The third kappa shape index (κ3) is 10.2. The van der Waals surface area contributed by atoms with E-state index in [1.54, 1.807) is 0 Å². The quantitative estimate of drug-likeness (QED) is 0.426. The topological polar surface area (TPSA) is 78.4 Å². The Bertz CT molecular complexity index is 246. The highest BCUT2D eigenvalue weighted by Gasteiger charge is 1.99. The van der Waals surface area contributed by atoms with Crippen molar-refractivity contribution in [2.75, 3.05) is 13.1 Å². The van der Waals surface area contributed by atoms with Crippen molar-refractivity contribution in [1.29, 1.82) is 0 Å². The summed E-state index contributed by atoms with van der Waals surface area (Å²) in [6.07, 6.45) is 6.93. The van der Waals surface area contributed by atoms with Crippen LogP contribution in [0.15, 0.2) is 0 Å². The largest absolute Gasteiger partial charge is 0.481 e. The fourth-order valence-electron chi connectivity index (χ4n) is 0.896. The van der Waals surface area contributed by atoms with Gasteiger partial charge in [-0.1, -0.05) is 0 Å². The molecule has 0 unspecified atom stereocenters. The number of urea groups is 1. The molecule has 15 heavy (non-hydrogen) atoms. The van der Waals surface area contributed by atoms with Crippen LogP contribution in [-0.2, 0) is 4.79 Å². The Morgan fingerprint density at radius 1 is 1.20 bits per heavy atom. The fraction of sp³-hybridized carbons (Fsp3) is 0.600. The molecule has 0 spiro atoms. The van der Waals surface area contributed by atoms with Crippen LogP contribution < -0.4 is 10.6 Å². The average molecular weight is 212 g/mol. The van der Waals surface area contributed by atoms with Gasteiger partial charge in [0.05, 0.1) is 0 Å². The maximum Gasteiger partial charge on any atom is 0.314 e. The molecule has 5 heteroatoms. The van der Waals surface area contributed by atoms with E-state index in [2.05, 4.69) is 16.6 Å². The molecule has 0 heterocycles. The molecule has 0 aromatic carbocycles. The first kappa shape index (κ1) is 13.3. The van der Waals surface area contributed by atoms with E-state index in [9.17, 15) is 9.59 Å². The van der Waals surface area contributed by atoms with Crippen LogP contribution in [-0.4, -0.2) is 30.2 Å². The van der Waals surface area contributed by atoms with Gasteiger partial charge in [-0.3, -0.25) is 4.79 Å². The van der Waals surface area contributed by atoms with Crippen molar-refractivity contribution in [2.24, 2.45) is 0 Å². The molecule has 0 saturated carbocycles. The van der Waals surface area contributed by atoms with Crippen LogP contribution in [0.3, 0.4) is 0 Å². The Kier molecular flexibility index (Phi) is 7.87. The number of unbranched alkanes of at least 4 members (excludes halogenated alkanes) is 1. The van der Waals surface area contributed by atoms with Gasteiger partial charge in [0.1, 0.15) is 0 Å². The first-order valence-electron chi connectivity index (χ1n) is 4.83. The molecular weight excluding hydrogens is 196 g/mol. The molecule has 0 atom stereocenters. The number of rotatable bonds is 7. The van der Waals surface area contributed by atoms with Crippen LogP contribution >= 0.6 is 0 Å². The minimum atomic E-state index is -0.855. The zero-order valence-electron chi connectivity index (χ0n) is 8.58. The predicted octanol–water partition coefficient (Wildman–Crippen LogP) is 0.564. The third-order valence-corrected chi connectivity index (χ3v) is 1.64. The molecule has 5 nitrogen and oxygen atoms in total. The normalized spacial score (nSPS) is 9.00. The highest BCUT2D eigenvalue weighted by molar-refractivity contribution is 5.73. The lowest BCUT2D eigenvalue weighted by Gasteiger charge is -2.05. The molecule has 0 aliphatic carbocycles. The smallest absolute Gasteiger partial charge is 0.314 e. The van der Waals surface area contributed by atoms with Crippen LogP contribution in [0.4, 0.5) is 4.79 Å². The van der Waals surface area contributed by atoms with Crippen molar-refractivity contribution < 1.29 is 14.7 Å². The second kappa shape index (κ2) is 8.88. The molecule has 2 amide bonds. The molecule has 0 radical (unpaired) electrons. The van der Waals surface area contributed by atoms with E-state index in [4.69, 9.17) is 11.5 Å². The number of carbonyl (C=O) groups excluding carboxylic acids is 1. The van der Waals surface area contributed by atoms with Crippen molar-refractivity contribution in [1.82, 2.24) is 10.6 Å². The van der Waals surface area contributed by atoms with Crippen molar-refractivity contribution in [3.8, 4) is 12.3 Å². The van der Waals surface area contributed by atoms with Crippen LogP contribution in [0, 0.1) is 12.3 Å². The number of nitrogens with one attached hydrogen (secondary N) is 2. The van der Waals surface area contributed by atoms with E-state index < -0.39 is 5.97 Å². The molecule has 84 valence electrons. The average Bonchev–Trinajstić information content (AvgIpc) is 2.19. The number of carbonyl (C=O) groups is 2. The molecule has 0 aromatic heterocycles. The first-order chi connectivity index (χ1) is 7.16. The van der Waals surface area contributed by atoms with Gasteiger partial charge in [0, 0.05) is 25.9 Å². The van der Waals surface area contributed by atoms with Crippen LogP contribution in [0.1, 0.15) is 25.7 Å². The molecule has 0 rings (SSSR count). The minimum absolute atomic E-state index is 0.0668. The highest BCUT2D eigenvalue weighted by Crippen LogP contribution is 1.86. The van der Waals surface area contributed by atoms with Gasteiger partial charge >= 0.3 is 12.0 Å². The van der Waals surface area contributed by atoms with E-state index in [1.165, 1.54) is 0 Å². The molecular formula is C10H16N2O3. The summed E-state index contributed by atoms with van der Waals surface area (Å²) < 4.78 is 0. The molecule has 0 aromatic rings. The lowest BCUT2D eigenvalue weighted by Crippen LogP contribution is -2.36. The number of hydrogen-bond acceptors (Lipinski definition) is 2. The van der Waals surface area contributed by atoms with Crippen LogP contribution in [0.5, 0.6) is 0 Å². The summed E-state index contributed by atoms with van der Waals surface area (Å²) in [6, 6.07) is -0.280. The Balaban J connectivity index is 3.27. The molecule has 0 aliphatic heterocycles. The summed E-state index contributed by atoms with van der Waals surface area (Å²) in [4.78, 5) is 21.2. The van der Waals surface area contributed by atoms with E-state index in [0.29, 0.717) is 25.9 Å². The maximum atomic E-state index is 11.0. The van der Waals surface area contributed by atoms with Crippen molar-refractivity contribution in [3.05, 3.63) is 0 Å². The lowest BCUT2D eigenvalue weighted by atomic mass is 10.3. The Hall–Kier alpha value is -1.70. The SMILES string of the molecule is C#CCCCNC(=O)NCCCC(=O)O. The molecule has 3 N–H and O–H groups in total. The summed E-state index contributed by atoms with van der Waals surface area (Å²) in [5.41, 5.74) is 0. The van der Waals surface area contributed by atoms with E-state index in [-0.39, 0.29) is 12.5 Å². The van der Waals surface area contributed by atoms with Crippen molar-refractivity contribution in [3.63, 3.8) is 0 Å². The maximum absolute atomic E-state index is 11.0. The number of aliphatic carboxylic acids is 1. The van der Waals surface area contributed by atoms with Crippen LogP contribution in [0.2, 0.25) is 0 Å². The van der Waals surface area contributed by atoms with E-state index in [1.807, 2.05) is 0 Å². The van der Waals surface area contributed by atoms with Crippen molar-refractivity contribution >= 4 is 12.0 Å². The number of terminal acetylenes is 1. The van der Waals surface area contributed by atoms with Crippen LogP contribution in [0.25, 0.3) is 0 Å². The number of carboxylic acid groups (broad SMARTS) is 1. The standard InChI is InChI=1S/C10H16N2O3/c1-2-3-4-7-11-10(15)12-8-5-6-9(13)14/h1H,3-8H2,(H,13,14)(H2,11,12,15). The number of carboxylic acids is 1. The van der Waals surface area contributed by atoms with Gasteiger partial charge < -0.3 is 15.7 Å². The molecule has 0 bridgehead atoms. The molecule has 0 fully saturated rings. The lowest BCUT2D eigenvalue weighted by molar-refractivity contribution is -0.137. The second-order valence-corrected chi connectivity index (χ2v) is 2.99. The highest BCUT2D eigenvalue weighted by atomic mass is 16.4. The van der Waals surface area contributed by atoms with Crippen molar-refractivity contribution in [2.45, 2.75) is 25.7 Å². The van der Waals surface area contributed by atoms with Gasteiger partial charge in [-0.25, -0.2) is 4.79 Å². The second-order valence-electron chi connectivity index (χ2n) is 2.99. The van der Waals surface area contributed by atoms with Gasteiger partial charge in [0.15, 0.2) is 0 Å².